The number of likely N-dealkylation sites (N-methyl/N-ethyl adjacent to an activating group) is 1. The second-order valence-corrected chi connectivity index (χ2v) is 5.88. The van der Waals surface area contributed by atoms with E-state index in [1.54, 1.807) is 6.07 Å². The highest BCUT2D eigenvalue weighted by Crippen LogP contribution is 2.23. The molecule has 1 aromatic heterocycles. The van der Waals surface area contributed by atoms with Crippen LogP contribution in [0.3, 0.4) is 0 Å². The molecule has 1 atom stereocenters. The van der Waals surface area contributed by atoms with Crippen molar-refractivity contribution in [3.8, 4) is 0 Å². The van der Waals surface area contributed by atoms with E-state index in [-0.39, 0.29) is 5.82 Å². The van der Waals surface area contributed by atoms with E-state index in [0.29, 0.717) is 15.3 Å². The molecule has 0 radical (unpaired) electrons. The normalized spacial score (nSPS) is 13.4. The number of hydrogen-bond acceptors (Lipinski definition) is 2. The van der Waals surface area contributed by atoms with Gasteiger partial charge >= 0.3 is 0 Å². The fourth-order valence-electron chi connectivity index (χ4n) is 1.76. The fraction of sp³-hybridized carbons (Fsp3) is 0.417. The van der Waals surface area contributed by atoms with Gasteiger partial charge in [-0.1, -0.05) is 0 Å². The molecule has 0 aliphatic carbocycles. The van der Waals surface area contributed by atoms with Crippen molar-refractivity contribution >= 4 is 39.2 Å². The summed E-state index contributed by atoms with van der Waals surface area (Å²) in [7, 11) is 4.03. The molecule has 2 aromatic rings. The van der Waals surface area contributed by atoms with Gasteiger partial charge in [0.1, 0.15) is 5.82 Å². The lowest BCUT2D eigenvalue weighted by molar-refractivity contribution is 0.285. The molecule has 1 unspecified atom stereocenters. The predicted molar refractivity (Wildman–Crippen MR) is 77.9 cm³/mol. The van der Waals surface area contributed by atoms with Crippen molar-refractivity contribution in [3.63, 3.8) is 0 Å². The summed E-state index contributed by atoms with van der Waals surface area (Å²) in [6.07, 6.45) is 0. The van der Waals surface area contributed by atoms with Crippen LogP contribution in [0.2, 0.25) is 0 Å². The van der Waals surface area contributed by atoms with Crippen LogP contribution in [-0.4, -0.2) is 34.6 Å². The van der Waals surface area contributed by atoms with Gasteiger partial charge in [-0.05, 0) is 55.2 Å². The van der Waals surface area contributed by atoms with E-state index < -0.39 is 0 Å². The first kappa shape index (κ1) is 13.7. The van der Waals surface area contributed by atoms with Crippen LogP contribution in [0.5, 0.6) is 0 Å². The van der Waals surface area contributed by atoms with Crippen LogP contribution in [0, 0.1) is 10.6 Å². The molecule has 0 amide bonds. The number of benzene rings is 1. The average Bonchev–Trinajstić information content (AvgIpc) is 2.56. The summed E-state index contributed by atoms with van der Waals surface area (Å²) < 4.78 is 16.6. The Kier molecular flexibility index (Phi) is 3.89. The van der Waals surface area contributed by atoms with Crippen molar-refractivity contribution in [2.24, 2.45) is 0 Å². The molecule has 2 rings (SSSR count). The van der Waals surface area contributed by atoms with Crippen LogP contribution in [0.25, 0.3) is 11.0 Å². The van der Waals surface area contributed by atoms with Crippen molar-refractivity contribution in [1.29, 1.82) is 0 Å². The van der Waals surface area contributed by atoms with Crippen LogP contribution in [0.15, 0.2) is 16.6 Å². The second kappa shape index (κ2) is 5.11. The van der Waals surface area contributed by atoms with Gasteiger partial charge in [-0.25, -0.2) is 4.39 Å². The molecule has 98 valence electrons. The largest absolute Gasteiger partial charge is 0.331 e. The van der Waals surface area contributed by atoms with Gasteiger partial charge in [0.15, 0.2) is 4.77 Å². The summed E-state index contributed by atoms with van der Waals surface area (Å²) in [5.74, 6) is -0.275. The first-order chi connectivity index (χ1) is 8.40. The third-order valence-corrected chi connectivity index (χ3v) is 4.07. The Morgan fingerprint density at radius 1 is 1.50 bits per heavy atom. The van der Waals surface area contributed by atoms with Crippen molar-refractivity contribution in [2.45, 2.75) is 19.5 Å². The Bertz CT molecular complexity index is 632. The van der Waals surface area contributed by atoms with Crippen LogP contribution in [0.4, 0.5) is 4.39 Å². The van der Waals surface area contributed by atoms with Gasteiger partial charge in [0.2, 0.25) is 0 Å². The molecule has 18 heavy (non-hydrogen) atoms. The number of nitrogens with zero attached hydrogens (tertiary/aromatic N) is 2. The van der Waals surface area contributed by atoms with Crippen LogP contribution in [0.1, 0.15) is 6.92 Å². The van der Waals surface area contributed by atoms with E-state index in [4.69, 9.17) is 12.2 Å². The van der Waals surface area contributed by atoms with Gasteiger partial charge in [0.05, 0.1) is 15.5 Å². The highest BCUT2D eigenvalue weighted by atomic mass is 79.9. The standard InChI is InChI=1S/C12H15BrFN3S/c1-7(16(2)3)6-17-11-5-9(14)8(13)4-10(11)15-12(17)18/h4-5,7H,6H2,1-3H3,(H,15,18). The number of aromatic amines is 1. The van der Waals surface area contributed by atoms with Gasteiger partial charge in [-0.3, -0.25) is 0 Å². The smallest absolute Gasteiger partial charge is 0.178 e. The zero-order valence-corrected chi connectivity index (χ0v) is 12.9. The number of hydrogen-bond donors (Lipinski definition) is 1. The Morgan fingerprint density at radius 2 is 2.17 bits per heavy atom. The maximum atomic E-state index is 13.6. The fourth-order valence-corrected chi connectivity index (χ4v) is 2.39. The molecule has 0 fully saturated rings. The van der Waals surface area contributed by atoms with Crippen molar-refractivity contribution in [1.82, 2.24) is 14.5 Å². The molecule has 0 aliphatic heterocycles. The number of H-pyrrole nitrogens is 1. The van der Waals surface area contributed by atoms with Gasteiger partial charge in [0.25, 0.3) is 0 Å². The maximum absolute atomic E-state index is 13.6. The molecule has 6 heteroatoms. The molecule has 0 bridgehead atoms. The Balaban J connectivity index is 2.53. The van der Waals surface area contributed by atoms with E-state index in [1.165, 1.54) is 6.07 Å². The van der Waals surface area contributed by atoms with E-state index in [0.717, 1.165) is 17.6 Å². The van der Waals surface area contributed by atoms with Crippen LogP contribution >= 0.6 is 28.1 Å². The summed E-state index contributed by atoms with van der Waals surface area (Å²) in [6, 6.07) is 3.55. The summed E-state index contributed by atoms with van der Waals surface area (Å²) in [4.78, 5) is 5.21. The monoisotopic (exact) mass is 331 g/mol. The van der Waals surface area contributed by atoms with Crippen molar-refractivity contribution < 1.29 is 4.39 Å². The van der Waals surface area contributed by atoms with Crippen LogP contribution < -0.4 is 0 Å². The number of aromatic nitrogens is 2. The zero-order valence-electron chi connectivity index (χ0n) is 10.5. The molecular formula is C12H15BrFN3S. The van der Waals surface area contributed by atoms with Crippen LogP contribution in [-0.2, 0) is 6.54 Å². The van der Waals surface area contributed by atoms with Gasteiger partial charge < -0.3 is 14.5 Å². The molecule has 0 spiro atoms. The SMILES string of the molecule is CC(Cn1c(=S)[nH]c2cc(Br)c(F)cc21)N(C)C. The minimum absolute atomic E-state index is 0.275. The topological polar surface area (TPSA) is 24.0 Å². The Hall–Kier alpha value is -0.720. The highest BCUT2D eigenvalue weighted by Gasteiger charge is 2.12. The second-order valence-electron chi connectivity index (χ2n) is 4.64. The first-order valence-electron chi connectivity index (χ1n) is 5.64. The molecule has 3 nitrogen and oxygen atoms in total. The number of rotatable bonds is 3. The lowest BCUT2D eigenvalue weighted by Crippen LogP contribution is -2.29. The average molecular weight is 332 g/mol. The lowest BCUT2D eigenvalue weighted by Gasteiger charge is -2.20. The van der Waals surface area contributed by atoms with Gasteiger partial charge in [0, 0.05) is 18.7 Å². The first-order valence-corrected chi connectivity index (χ1v) is 6.84. The Morgan fingerprint density at radius 3 is 2.78 bits per heavy atom. The van der Waals surface area contributed by atoms with Crippen molar-refractivity contribution in [2.75, 3.05) is 14.1 Å². The molecule has 1 heterocycles. The summed E-state index contributed by atoms with van der Waals surface area (Å²) in [5.41, 5.74) is 1.65. The van der Waals surface area contributed by atoms with E-state index in [2.05, 4.69) is 32.7 Å². The van der Waals surface area contributed by atoms with Crippen molar-refractivity contribution in [3.05, 3.63) is 27.2 Å². The van der Waals surface area contributed by atoms with E-state index in [1.807, 2.05) is 18.7 Å². The van der Waals surface area contributed by atoms with E-state index in [9.17, 15) is 4.39 Å². The maximum Gasteiger partial charge on any atom is 0.178 e. The molecule has 1 N–H and O–H groups in total. The molecule has 0 saturated heterocycles. The number of halogens is 2. The Labute approximate surface area is 119 Å². The quantitative estimate of drug-likeness (QED) is 0.869. The molecule has 0 saturated carbocycles. The third kappa shape index (κ3) is 2.50. The number of fused-ring (bicyclic) bond motifs is 1. The number of nitrogens with one attached hydrogen (secondary N) is 1. The summed E-state index contributed by atoms with van der Waals surface area (Å²) in [5, 5.41) is 0. The molecular weight excluding hydrogens is 317 g/mol. The lowest BCUT2D eigenvalue weighted by atomic mass is 10.2. The molecule has 0 aliphatic rings. The minimum atomic E-state index is -0.275. The number of imidazole rings is 1. The predicted octanol–water partition coefficient (Wildman–Crippen LogP) is 3.55. The molecule has 1 aromatic carbocycles. The summed E-state index contributed by atoms with van der Waals surface area (Å²) in [6.45, 7) is 2.84. The minimum Gasteiger partial charge on any atom is -0.331 e. The zero-order chi connectivity index (χ0) is 13.4. The summed E-state index contributed by atoms with van der Waals surface area (Å²) >= 11 is 8.47. The van der Waals surface area contributed by atoms with E-state index >= 15 is 0 Å². The van der Waals surface area contributed by atoms with Gasteiger partial charge in [-0.15, -0.1) is 0 Å². The third-order valence-electron chi connectivity index (χ3n) is 3.14. The highest BCUT2D eigenvalue weighted by molar-refractivity contribution is 9.10. The van der Waals surface area contributed by atoms with Gasteiger partial charge in [-0.2, -0.15) is 0 Å².